The third kappa shape index (κ3) is 6.78. The van der Waals surface area contributed by atoms with Crippen molar-refractivity contribution < 1.29 is 14.3 Å². The van der Waals surface area contributed by atoms with Crippen LogP contribution < -0.4 is 10.1 Å². The van der Waals surface area contributed by atoms with E-state index in [9.17, 15) is 4.79 Å². The fourth-order valence-electron chi connectivity index (χ4n) is 2.94. The smallest absolute Gasteiger partial charge is 0.224 e. The van der Waals surface area contributed by atoms with Crippen LogP contribution >= 0.6 is 27.5 Å². The first-order chi connectivity index (χ1) is 13.6. The Morgan fingerprint density at radius 2 is 1.93 bits per heavy atom. The first-order valence-electron chi connectivity index (χ1n) is 9.37. The summed E-state index contributed by atoms with van der Waals surface area (Å²) >= 11 is 9.47. The van der Waals surface area contributed by atoms with Crippen molar-refractivity contribution in [1.29, 1.82) is 0 Å². The number of morpholine rings is 1. The maximum absolute atomic E-state index is 12.1. The number of nitrogens with zero attached hydrogens (tertiary/aromatic N) is 1. The minimum Gasteiger partial charge on any atom is -0.492 e. The Morgan fingerprint density at radius 3 is 2.64 bits per heavy atom. The van der Waals surface area contributed by atoms with E-state index in [0.29, 0.717) is 30.2 Å². The van der Waals surface area contributed by atoms with Crippen molar-refractivity contribution in [3.05, 3.63) is 57.5 Å². The summed E-state index contributed by atoms with van der Waals surface area (Å²) < 4.78 is 11.9. The molecule has 1 heterocycles. The molecule has 1 amide bonds. The predicted molar refractivity (Wildman–Crippen MR) is 115 cm³/mol. The van der Waals surface area contributed by atoms with Crippen molar-refractivity contribution in [3.63, 3.8) is 0 Å². The maximum atomic E-state index is 12.1. The Hall–Kier alpha value is -1.60. The molecule has 2 aromatic rings. The summed E-state index contributed by atoms with van der Waals surface area (Å²) in [5.41, 5.74) is 2.05. The Labute approximate surface area is 179 Å². The second kappa shape index (κ2) is 10.8. The largest absolute Gasteiger partial charge is 0.492 e. The number of ether oxygens (including phenoxy) is 2. The van der Waals surface area contributed by atoms with Gasteiger partial charge in [-0.1, -0.05) is 39.7 Å². The van der Waals surface area contributed by atoms with Crippen molar-refractivity contribution in [2.75, 3.05) is 38.2 Å². The van der Waals surface area contributed by atoms with Crippen molar-refractivity contribution in [1.82, 2.24) is 4.90 Å². The molecule has 0 saturated carbocycles. The molecule has 1 N–H and O–H groups in total. The van der Waals surface area contributed by atoms with Gasteiger partial charge in [0, 0.05) is 36.2 Å². The molecule has 2 aromatic carbocycles. The second-order valence-corrected chi connectivity index (χ2v) is 7.98. The number of rotatable bonds is 8. The molecule has 1 aliphatic rings. The number of hydrogen-bond acceptors (Lipinski definition) is 4. The zero-order valence-corrected chi connectivity index (χ0v) is 18.0. The Bertz CT molecular complexity index is 780. The van der Waals surface area contributed by atoms with Gasteiger partial charge in [-0.3, -0.25) is 9.69 Å². The lowest BCUT2D eigenvalue weighted by Crippen LogP contribution is -2.35. The van der Waals surface area contributed by atoms with E-state index in [1.54, 1.807) is 6.07 Å². The van der Waals surface area contributed by atoms with Gasteiger partial charge in [0.25, 0.3) is 0 Å². The summed E-state index contributed by atoms with van der Waals surface area (Å²) in [6, 6.07) is 13.5. The van der Waals surface area contributed by atoms with Crippen molar-refractivity contribution >= 4 is 39.1 Å². The van der Waals surface area contributed by atoms with Crippen molar-refractivity contribution in [2.24, 2.45) is 0 Å². The number of benzene rings is 2. The Balaban J connectivity index is 1.37. The zero-order chi connectivity index (χ0) is 19.8. The van der Waals surface area contributed by atoms with E-state index < -0.39 is 0 Å². The molecular weight excluding hydrogens is 444 g/mol. The van der Waals surface area contributed by atoms with E-state index in [1.165, 1.54) is 5.56 Å². The van der Waals surface area contributed by atoms with E-state index in [1.807, 2.05) is 24.3 Å². The van der Waals surface area contributed by atoms with Gasteiger partial charge in [0.1, 0.15) is 5.75 Å². The number of amides is 1. The van der Waals surface area contributed by atoms with E-state index in [2.05, 4.69) is 38.3 Å². The molecule has 3 rings (SSSR count). The summed E-state index contributed by atoms with van der Waals surface area (Å²) in [5.74, 6) is 0.604. The van der Waals surface area contributed by atoms with Crippen LogP contribution in [0.25, 0.3) is 0 Å². The van der Waals surface area contributed by atoms with Gasteiger partial charge in [0.2, 0.25) is 5.91 Å². The second-order valence-electron chi connectivity index (χ2n) is 6.66. The van der Waals surface area contributed by atoms with Gasteiger partial charge in [-0.25, -0.2) is 0 Å². The zero-order valence-electron chi connectivity index (χ0n) is 15.6. The van der Waals surface area contributed by atoms with Gasteiger partial charge < -0.3 is 14.8 Å². The fraction of sp³-hybridized carbons (Fsp3) is 0.381. The average molecular weight is 468 g/mol. The van der Waals surface area contributed by atoms with Gasteiger partial charge in [-0.05, 0) is 42.3 Å². The molecule has 0 unspecified atom stereocenters. The SMILES string of the molecule is O=C(CCCOc1ccc(Br)cc1Cl)Nc1ccc(CN2CCOCC2)cc1. The summed E-state index contributed by atoms with van der Waals surface area (Å²) in [4.78, 5) is 14.5. The molecule has 0 aromatic heterocycles. The topological polar surface area (TPSA) is 50.8 Å². The molecule has 1 saturated heterocycles. The number of carbonyl (C=O) groups is 1. The van der Waals surface area contributed by atoms with Gasteiger partial charge in [-0.15, -0.1) is 0 Å². The summed E-state index contributed by atoms with van der Waals surface area (Å²) in [5, 5.41) is 3.48. The maximum Gasteiger partial charge on any atom is 0.224 e. The van der Waals surface area contributed by atoms with Gasteiger partial charge >= 0.3 is 0 Å². The third-order valence-electron chi connectivity index (χ3n) is 4.45. The standard InChI is InChI=1S/C21H24BrClN2O3/c22-17-5-8-20(19(23)14-17)28-11-1-2-21(26)24-18-6-3-16(4-7-18)15-25-9-12-27-13-10-25/h3-8,14H,1-2,9-13,15H2,(H,24,26). The molecule has 0 bridgehead atoms. The van der Waals surface area contributed by atoms with E-state index >= 15 is 0 Å². The first kappa shape index (κ1) is 21.1. The molecule has 0 atom stereocenters. The lowest BCUT2D eigenvalue weighted by molar-refractivity contribution is -0.116. The first-order valence-corrected chi connectivity index (χ1v) is 10.5. The molecule has 1 fully saturated rings. The molecule has 5 nitrogen and oxygen atoms in total. The molecule has 1 aliphatic heterocycles. The lowest BCUT2D eigenvalue weighted by Gasteiger charge is -2.26. The number of halogens is 2. The fourth-order valence-corrected chi connectivity index (χ4v) is 3.67. The highest BCUT2D eigenvalue weighted by Crippen LogP contribution is 2.27. The van der Waals surface area contributed by atoms with E-state index in [4.69, 9.17) is 21.1 Å². The summed E-state index contributed by atoms with van der Waals surface area (Å²) in [6.45, 7) is 4.87. The highest BCUT2D eigenvalue weighted by Gasteiger charge is 2.11. The number of carbonyl (C=O) groups excluding carboxylic acids is 1. The summed E-state index contributed by atoms with van der Waals surface area (Å²) in [6.07, 6.45) is 1.01. The van der Waals surface area contributed by atoms with E-state index in [-0.39, 0.29) is 5.91 Å². The van der Waals surface area contributed by atoms with Crippen LogP contribution in [0, 0.1) is 0 Å². The van der Waals surface area contributed by atoms with Gasteiger partial charge in [0.15, 0.2) is 0 Å². The molecule has 0 spiro atoms. The number of hydrogen-bond donors (Lipinski definition) is 1. The van der Waals surface area contributed by atoms with Gasteiger partial charge in [-0.2, -0.15) is 0 Å². The minimum absolute atomic E-state index is 0.0218. The molecule has 7 heteroatoms. The van der Waals surface area contributed by atoms with Crippen LogP contribution in [-0.4, -0.2) is 43.7 Å². The normalized spacial score (nSPS) is 14.6. The van der Waals surface area contributed by atoms with Crippen LogP contribution in [0.3, 0.4) is 0 Å². The van der Waals surface area contributed by atoms with Crippen LogP contribution in [0.4, 0.5) is 5.69 Å². The van der Waals surface area contributed by atoms with Crippen LogP contribution in [0.2, 0.25) is 5.02 Å². The molecule has 0 radical (unpaired) electrons. The van der Waals surface area contributed by atoms with Crippen LogP contribution in [0.1, 0.15) is 18.4 Å². The third-order valence-corrected chi connectivity index (χ3v) is 5.24. The predicted octanol–water partition coefficient (Wildman–Crippen LogP) is 4.73. The Morgan fingerprint density at radius 1 is 1.18 bits per heavy atom. The number of nitrogens with one attached hydrogen (secondary N) is 1. The highest BCUT2D eigenvalue weighted by atomic mass is 79.9. The Kier molecular flexibility index (Phi) is 8.15. The monoisotopic (exact) mass is 466 g/mol. The van der Waals surface area contributed by atoms with E-state index in [0.717, 1.165) is 43.0 Å². The molecule has 150 valence electrons. The van der Waals surface area contributed by atoms with Crippen LogP contribution in [0.15, 0.2) is 46.9 Å². The highest BCUT2D eigenvalue weighted by molar-refractivity contribution is 9.10. The minimum atomic E-state index is -0.0218. The molecule has 0 aliphatic carbocycles. The lowest BCUT2D eigenvalue weighted by atomic mass is 10.2. The van der Waals surface area contributed by atoms with Crippen molar-refractivity contribution in [2.45, 2.75) is 19.4 Å². The number of anilines is 1. The van der Waals surface area contributed by atoms with Crippen LogP contribution in [-0.2, 0) is 16.1 Å². The quantitative estimate of drug-likeness (QED) is 0.570. The molecular formula is C21H24BrClN2O3. The molecule has 28 heavy (non-hydrogen) atoms. The van der Waals surface area contributed by atoms with Crippen LogP contribution in [0.5, 0.6) is 5.75 Å². The summed E-state index contributed by atoms with van der Waals surface area (Å²) in [7, 11) is 0. The average Bonchev–Trinajstić information content (AvgIpc) is 2.69. The van der Waals surface area contributed by atoms with Gasteiger partial charge in [0.05, 0.1) is 24.8 Å². The van der Waals surface area contributed by atoms with Crippen molar-refractivity contribution in [3.8, 4) is 5.75 Å².